The lowest BCUT2D eigenvalue weighted by Gasteiger charge is -2.02. The standard InChI is InChI=1S/C8H9NO2.CHNO/c1-6-4-2-3-5-7(6)9-8(10)11;2-1-3/h2-5,9H,1H3,(H,10,11);2H. The van der Waals surface area contributed by atoms with Crippen molar-refractivity contribution in [3.8, 4) is 0 Å². The lowest BCUT2D eigenvalue weighted by Crippen LogP contribution is -2.07. The van der Waals surface area contributed by atoms with E-state index < -0.39 is 6.09 Å². The fraction of sp³-hybridized carbons (Fsp3) is 0.111. The van der Waals surface area contributed by atoms with Crippen molar-refractivity contribution in [2.75, 3.05) is 5.32 Å². The molecule has 1 aromatic rings. The molecule has 1 amide bonds. The molecule has 0 aliphatic rings. The Balaban J connectivity index is 0.000000500. The summed E-state index contributed by atoms with van der Waals surface area (Å²) in [4.78, 5) is 18.6. The molecule has 0 atom stereocenters. The summed E-state index contributed by atoms with van der Waals surface area (Å²) in [7, 11) is 0. The zero-order chi connectivity index (χ0) is 11.0. The molecule has 0 radical (unpaired) electrons. The van der Waals surface area contributed by atoms with E-state index in [4.69, 9.17) is 15.3 Å². The Morgan fingerprint density at radius 1 is 1.50 bits per heavy atom. The van der Waals surface area contributed by atoms with Crippen LogP contribution in [0.1, 0.15) is 5.56 Å². The number of para-hydroxylation sites is 1. The number of aryl methyl sites for hydroxylation is 1. The minimum Gasteiger partial charge on any atom is -0.465 e. The van der Waals surface area contributed by atoms with Gasteiger partial charge in [0.05, 0.1) is 0 Å². The molecule has 0 heterocycles. The van der Waals surface area contributed by atoms with Crippen molar-refractivity contribution in [2.24, 2.45) is 0 Å². The summed E-state index contributed by atoms with van der Waals surface area (Å²) in [6.45, 7) is 1.85. The molecule has 5 nitrogen and oxygen atoms in total. The van der Waals surface area contributed by atoms with Crippen LogP contribution >= 0.6 is 0 Å². The quantitative estimate of drug-likeness (QED) is 0.471. The molecule has 0 aliphatic heterocycles. The molecule has 0 aromatic heterocycles. The molecule has 0 aliphatic carbocycles. The lowest BCUT2D eigenvalue weighted by molar-refractivity contribution is 0.209. The Kier molecular flexibility index (Phi) is 5.42. The summed E-state index contributed by atoms with van der Waals surface area (Å²) >= 11 is 0. The van der Waals surface area contributed by atoms with Crippen molar-refractivity contribution in [1.29, 1.82) is 5.41 Å². The average molecular weight is 194 g/mol. The maximum atomic E-state index is 10.2. The highest BCUT2D eigenvalue weighted by Gasteiger charge is 1.98. The number of carboxylic acid groups (broad SMARTS) is 1. The van der Waals surface area contributed by atoms with Crippen molar-refractivity contribution in [2.45, 2.75) is 6.92 Å². The summed E-state index contributed by atoms with van der Waals surface area (Å²) in [5.74, 6) is 0. The number of carbonyl (C=O) groups excluding carboxylic acids is 1. The molecular formula is C9H10N2O3. The largest absolute Gasteiger partial charge is 0.465 e. The van der Waals surface area contributed by atoms with Gasteiger partial charge >= 0.3 is 6.09 Å². The van der Waals surface area contributed by atoms with E-state index in [-0.39, 0.29) is 0 Å². The van der Waals surface area contributed by atoms with Gasteiger partial charge in [0.2, 0.25) is 6.08 Å². The third-order valence-corrected chi connectivity index (χ3v) is 1.39. The van der Waals surface area contributed by atoms with Crippen molar-refractivity contribution in [3.05, 3.63) is 29.8 Å². The number of isocyanates is 1. The van der Waals surface area contributed by atoms with Crippen LogP contribution in [0, 0.1) is 12.3 Å². The zero-order valence-corrected chi connectivity index (χ0v) is 7.57. The summed E-state index contributed by atoms with van der Waals surface area (Å²) in [5.41, 5.74) is 1.56. The number of carbonyl (C=O) groups is 1. The number of anilines is 1. The normalized spacial score (nSPS) is 7.79. The Morgan fingerprint density at radius 2 is 2.00 bits per heavy atom. The Hall–Kier alpha value is -2.13. The molecule has 1 rings (SSSR count). The summed E-state index contributed by atoms with van der Waals surface area (Å²) in [6, 6.07) is 7.23. The van der Waals surface area contributed by atoms with Crippen molar-refractivity contribution in [1.82, 2.24) is 0 Å². The van der Waals surface area contributed by atoms with E-state index >= 15 is 0 Å². The number of rotatable bonds is 1. The van der Waals surface area contributed by atoms with Crippen LogP contribution in [0.25, 0.3) is 0 Å². The maximum Gasteiger partial charge on any atom is 0.409 e. The van der Waals surface area contributed by atoms with Gasteiger partial charge in [-0.05, 0) is 18.6 Å². The lowest BCUT2D eigenvalue weighted by atomic mass is 10.2. The Labute approximate surface area is 80.9 Å². The van der Waals surface area contributed by atoms with Gasteiger partial charge in [0, 0.05) is 5.69 Å². The van der Waals surface area contributed by atoms with Crippen LogP contribution in [0.15, 0.2) is 24.3 Å². The number of benzene rings is 1. The van der Waals surface area contributed by atoms with Gasteiger partial charge in [-0.25, -0.2) is 15.0 Å². The van der Waals surface area contributed by atoms with Crippen molar-refractivity contribution < 1.29 is 14.7 Å². The van der Waals surface area contributed by atoms with E-state index in [1.165, 1.54) is 0 Å². The van der Waals surface area contributed by atoms with Gasteiger partial charge in [-0.2, -0.15) is 0 Å². The van der Waals surface area contributed by atoms with Gasteiger partial charge < -0.3 is 5.11 Å². The van der Waals surface area contributed by atoms with Crippen LogP contribution < -0.4 is 5.32 Å². The number of amides is 1. The second-order valence-corrected chi connectivity index (χ2v) is 2.35. The fourth-order valence-corrected chi connectivity index (χ4v) is 0.828. The topological polar surface area (TPSA) is 90.2 Å². The van der Waals surface area contributed by atoms with E-state index in [2.05, 4.69) is 5.32 Å². The fourth-order valence-electron chi connectivity index (χ4n) is 0.828. The summed E-state index contributed by atoms with van der Waals surface area (Å²) in [6.07, 6.45) is -0.278. The first-order valence-electron chi connectivity index (χ1n) is 3.71. The summed E-state index contributed by atoms with van der Waals surface area (Å²) < 4.78 is 0. The highest BCUT2D eigenvalue weighted by Crippen LogP contribution is 2.12. The molecule has 1 aromatic carbocycles. The molecule has 0 unspecified atom stereocenters. The van der Waals surface area contributed by atoms with Gasteiger partial charge in [0.1, 0.15) is 0 Å². The van der Waals surface area contributed by atoms with Gasteiger partial charge in [0.15, 0.2) is 0 Å². The summed E-state index contributed by atoms with van der Waals surface area (Å²) in [5, 5.41) is 16.1. The Bertz CT molecular complexity index is 344. The van der Waals surface area contributed by atoms with E-state index in [1.54, 1.807) is 12.1 Å². The third kappa shape index (κ3) is 4.69. The molecule has 0 fully saturated rings. The minimum atomic E-state index is -1.03. The molecule has 14 heavy (non-hydrogen) atoms. The molecule has 0 saturated carbocycles. The predicted molar refractivity (Wildman–Crippen MR) is 51.2 cm³/mol. The number of hydrogen-bond donors (Lipinski definition) is 3. The Morgan fingerprint density at radius 3 is 2.43 bits per heavy atom. The van der Waals surface area contributed by atoms with Crippen LogP contribution in [-0.4, -0.2) is 17.3 Å². The second kappa shape index (κ2) is 6.39. The van der Waals surface area contributed by atoms with Crippen molar-refractivity contribution >= 4 is 17.9 Å². The van der Waals surface area contributed by atoms with Gasteiger partial charge in [-0.15, -0.1) is 0 Å². The monoisotopic (exact) mass is 194 g/mol. The van der Waals surface area contributed by atoms with Gasteiger partial charge in [-0.3, -0.25) is 5.32 Å². The molecule has 0 bridgehead atoms. The van der Waals surface area contributed by atoms with Crippen LogP contribution in [0.2, 0.25) is 0 Å². The third-order valence-electron chi connectivity index (χ3n) is 1.39. The van der Waals surface area contributed by atoms with Crippen LogP contribution in [0.4, 0.5) is 10.5 Å². The van der Waals surface area contributed by atoms with Crippen LogP contribution in [-0.2, 0) is 4.79 Å². The average Bonchev–Trinajstić information content (AvgIpc) is 2.09. The van der Waals surface area contributed by atoms with Crippen molar-refractivity contribution in [3.63, 3.8) is 0 Å². The molecule has 5 heteroatoms. The second-order valence-electron chi connectivity index (χ2n) is 2.35. The first-order chi connectivity index (χ1) is 6.61. The van der Waals surface area contributed by atoms with Gasteiger partial charge in [0.25, 0.3) is 0 Å². The van der Waals surface area contributed by atoms with Gasteiger partial charge in [-0.1, -0.05) is 18.2 Å². The SMILES string of the molecule is Cc1ccccc1NC(=O)O.N=C=O. The van der Waals surface area contributed by atoms with Crippen LogP contribution in [0.3, 0.4) is 0 Å². The van der Waals surface area contributed by atoms with E-state index in [0.29, 0.717) is 5.69 Å². The first-order valence-corrected chi connectivity index (χ1v) is 3.71. The molecule has 0 spiro atoms. The van der Waals surface area contributed by atoms with E-state index in [9.17, 15) is 4.79 Å². The van der Waals surface area contributed by atoms with E-state index in [1.807, 2.05) is 19.1 Å². The molecule has 3 N–H and O–H groups in total. The predicted octanol–water partition coefficient (Wildman–Crippen LogP) is 1.99. The highest BCUT2D eigenvalue weighted by molar-refractivity contribution is 5.83. The molecular weight excluding hydrogens is 184 g/mol. The number of hydrogen-bond acceptors (Lipinski definition) is 3. The minimum absolute atomic E-state index is 0.639. The molecule has 0 saturated heterocycles. The smallest absolute Gasteiger partial charge is 0.409 e. The first kappa shape index (κ1) is 11.9. The zero-order valence-electron chi connectivity index (χ0n) is 7.57. The van der Waals surface area contributed by atoms with E-state index in [0.717, 1.165) is 11.6 Å². The highest BCUT2D eigenvalue weighted by atomic mass is 16.4. The molecule has 74 valence electrons. The van der Waals surface area contributed by atoms with Crippen LogP contribution in [0.5, 0.6) is 0 Å². The maximum absolute atomic E-state index is 10.2. The number of nitrogens with one attached hydrogen (secondary N) is 2.